The third kappa shape index (κ3) is 3.47. The largest absolute Gasteiger partial charge is 0.395 e. The number of nitrogens with one attached hydrogen (secondary N) is 1. The fourth-order valence-corrected chi connectivity index (χ4v) is 4.08. The van der Waals surface area contributed by atoms with Gasteiger partial charge in [-0.1, -0.05) is 6.07 Å². The summed E-state index contributed by atoms with van der Waals surface area (Å²) < 4.78 is 7.52. The van der Waals surface area contributed by atoms with E-state index in [1.54, 1.807) is 13.3 Å². The molecule has 2 N–H and O–H groups in total. The Kier molecular flexibility index (Phi) is 5.90. The second-order valence-corrected chi connectivity index (χ2v) is 6.90. The second kappa shape index (κ2) is 8.16. The highest BCUT2D eigenvalue weighted by atomic mass is 32.1. The van der Waals surface area contributed by atoms with Crippen molar-refractivity contribution in [3.63, 3.8) is 0 Å². The van der Waals surface area contributed by atoms with Crippen molar-refractivity contribution in [2.75, 3.05) is 26.9 Å². The quantitative estimate of drug-likeness (QED) is 0.724. The SMILES string of the molecule is COCCn1c(C)cc([C@@H]2[C@H](c3ccccn3)NC(=S)N2CCO)c1C. The zero-order valence-electron chi connectivity index (χ0n) is 15.5. The van der Waals surface area contributed by atoms with Crippen LogP contribution in [-0.4, -0.2) is 51.5 Å². The molecule has 0 aromatic carbocycles. The summed E-state index contributed by atoms with van der Waals surface area (Å²) >= 11 is 5.56. The molecule has 2 aromatic rings. The van der Waals surface area contributed by atoms with Gasteiger partial charge in [0.2, 0.25) is 0 Å². The topological polar surface area (TPSA) is 62.5 Å². The van der Waals surface area contributed by atoms with Gasteiger partial charge in [-0.3, -0.25) is 4.98 Å². The predicted octanol–water partition coefficient (Wildman–Crippen LogP) is 2.11. The Bertz CT molecular complexity index is 762. The molecule has 1 fully saturated rings. The summed E-state index contributed by atoms with van der Waals surface area (Å²) in [6.45, 7) is 6.26. The Balaban J connectivity index is 2.03. The minimum Gasteiger partial charge on any atom is -0.395 e. The molecular formula is C19H26N4O2S. The Hall–Kier alpha value is -1.96. The minimum absolute atomic E-state index is 0.00737. The Morgan fingerprint density at radius 2 is 2.12 bits per heavy atom. The van der Waals surface area contributed by atoms with Crippen molar-refractivity contribution in [2.45, 2.75) is 32.5 Å². The normalized spacial score (nSPS) is 19.8. The lowest BCUT2D eigenvalue weighted by molar-refractivity contribution is 0.186. The van der Waals surface area contributed by atoms with Crippen molar-refractivity contribution < 1.29 is 9.84 Å². The van der Waals surface area contributed by atoms with Gasteiger partial charge in [-0.25, -0.2) is 0 Å². The number of ether oxygens (including phenoxy) is 1. The standard InChI is InChI=1S/C19H26N4O2S/c1-13-12-15(14(2)22(13)9-11-25-3)18-17(16-6-4-5-7-20-16)21-19(26)23(18)8-10-24/h4-7,12,17-18,24H,8-11H2,1-3H3,(H,21,26)/t17-,18+/m0/s1. The minimum atomic E-state index is -0.0494. The van der Waals surface area contributed by atoms with Gasteiger partial charge in [0, 0.05) is 37.8 Å². The number of pyridine rings is 1. The first-order valence-corrected chi connectivity index (χ1v) is 9.23. The van der Waals surface area contributed by atoms with Crippen molar-refractivity contribution in [3.05, 3.63) is 53.1 Å². The molecule has 0 saturated carbocycles. The highest BCUT2D eigenvalue weighted by Gasteiger charge is 2.40. The van der Waals surface area contributed by atoms with Crippen LogP contribution in [0.1, 0.15) is 34.7 Å². The molecule has 3 heterocycles. The van der Waals surface area contributed by atoms with E-state index in [1.807, 2.05) is 18.2 Å². The number of hydrogen-bond acceptors (Lipinski definition) is 4. The number of hydrogen-bond donors (Lipinski definition) is 2. The van der Waals surface area contributed by atoms with Gasteiger partial charge in [0.25, 0.3) is 0 Å². The average Bonchev–Trinajstić information content (AvgIpc) is 3.11. The van der Waals surface area contributed by atoms with Crippen LogP contribution in [0.25, 0.3) is 0 Å². The number of nitrogens with zero attached hydrogens (tertiary/aromatic N) is 3. The molecule has 0 unspecified atom stereocenters. The third-order valence-electron chi connectivity index (χ3n) is 4.99. The third-order valence-corrected chi connectivity index (χ3v) is 5.34. The molecule has 0 spiro atoms. The summed E-state index contributed by atoms with van der Waals surface area (Å²) in [7, 11) is 1.72. The van der Waals surface area contributed by atoms with Crippen LogP contribution >= 0.6 is 12.2 Å². The fraction of sp³-hybridized carbons (Fsp3) is 0.474. The van der Waals surface area contributed by atoms with Crippen molar-refractivity contribution in [2.24, 2.45) is 0 Å². The lowest BCUT2D eigenvalue weighted by atomic mass is 9.97. The molecule has 0 aliphatic carbocycles. The van der Waals surface area contributed by atoms with Crippen molar-refractivity contribution in [3.8, 4) is 0 Å². The van der Waals surface area contributed by atoms with E-state index in [-0.39, 0.29) is 18.7 Å². The summed E-state index contributed by atoms with van der Waals surface area (Å²) in [6.07, 6.45) is 1.80. The fourth-order valence-electron chi connectivity index (χ4n) is 3.75. The van der Waals surface area contributed by atoms with Crippen LogP contribution in [-0.2, 0) is 11.3 Å². The molecule has 26 heavy (non-hydrogen) atoms. The van der Waals surface area contributed by atoms with Gasteiger partial charge >= 0.3 is 0 Å². The van der Waals surface area contributed by atoms with Crippen LogP contribution in [0, 0.1) is 13.8 Å². The molecule has 1 aliphatic rings. The molecule has 140 valence electrons. The molecule has 2 atom stereocenters. The van der Waals surface area contributed by atoms with E-state index in [0.717, 1.165) is 12.2 Å². The van der Waals surface area contributed by atoms with Crippen LogP contribution in [0.2, 0.25) is 0 Å². The molecule has 7 heteroatoms. The average molecular weight is 375 g/mol. The summed E-state index contributed by atoms with van der Waals surface area (Å²) in [5.41, 5.74) is 4.54. The van der Waals surface area contributed by atoms with E-state index < -0.39 is 0 Å². The number of thiocarbonyl (C=S) groups is 1. The Morgan fingerprint density at radius 1 is 1.31 bits per heavy atom. The second-order valence-electron chi connectivity index (χ2n) is 6.51. The molecule has 6 nitrogen and oxygen atoms in total. The lowest BCUT2D eigenvalue weighted by Gasteiger charge is -2.27. The lowest BCUT2D eigenvalue weighted by Crippen LogP contribution is -2.32. The van der Waals surface area contributed by atoms with Crippen LogP contribution in [0.4, 0.5) is 0 Å². The summed E-state index contributed by atoms with van der Waals surface area (Å²) in [4.78, 5) is 6.60. The van der Waals surface area contributed by atoms with Crippen molar-refractivity contribution in [1.29, 1.82) is 0 Å². The van der Waals surface area contributed by atoms with Gasteiger partial charge in [0.15, 0.2) is 5.11 Å². The maximum Gasteiger partial charge on any atom is 0.170 e. The van der Waals surface area contributed by atoms with Gasteiger partial charge < -0.3 is 24.6 Å². The number of methoxy groups -OCH3 is 1. The number of rotatable bonds is 7. The summed E-state index contributed by atoms with van der Waals surface area (Å²) in [6, 6.07) is 8.07. The maximum atomic E-state index is 9.54. The first-order valence-electron chi connectivity index (χ1n) is 8.83. The maximum absolute atomic E-state index is 9.54. The number of aromatic nitrogens is 2. The molecule has 0 radical (unpaired) electrons. The Morgan fingerprint density at radius 3 is 2.77 bits per heavy atom. The number of aryl methyl sites for hydroxylation is 1. The van der Waals surface area contributed by atoms with E-state index >= 15 is 0 Å². The number of aliphatic hydroxyl groups is 1. The Labute approximate surface area is 159 Å². The first kappa shape index (κ1) is 18.8. The smallest absolute Gasteiger partial charge is 0.170 e. The number of β-amino-alcohol motifs (C(OH)–C–C–N with tert-alkyl or cyclic N) is 1. The van der Waals surface area contributed by atoms with E-state index in [2.05, 4.69) is 39.7 Å². The molecule has 1 aliphatic heterocycles. The van der Waals surface area contributed by atoms with E-state index in [1.165, 1.54) is 17.0 Å². The molecular weight excluding hydrogens is 348 g/mol. The van der Waals surface area contributed by atoms with Gasteiger partial charge in [-0.15, -0.1) is 0 Å². The first-order chi connectivity index (χ1) is 12.6. The van der Waals surface area contributed by atoms with Crippen LogP contribution < -0.4 is 5.32 Å². The summed E-state index contributed by atoms with van der Waals surface area (Å²) in [5.74, 6) is 0. The zero-order chi connectivity index (χ0) is 18.7. The van der Waals surface area contributed by atoms with E-state index in [0.29, 0.717) is 18.3 Å². The molecule has 0 amide bonds. The van der Waals surface area contributed by atoms with Crippen molar-refractivity contribution >= 4 is 17.3 Å². The van der Waals surface area contributed by atoms with Gasteiger partial charge in [-0.2, -0.15) is 0 Å². The molecule has 1 saturated heterocycles. The van der Waals surface area contributed by atoms with Crippen LogP contribution in [0.15, 0.2) is 30.5 Å². The monoisotopic (exact) mass is 374 g/mol. The van der Waals surface area contributed by atoms with Gasteiger partial charge in [0.05, 0.1) is 31.0 Å². The van der Waals surface area contributed by atoms with Crippen molar-refractivity contribution in [1.82, 2.24) is 19.8 Å². The van der Waals surface area contributed by atoms with Crippen LogP contribution in [0.5, 0.6) is 0 Å². The predicted molar refractivity (Wildman–Crippen MR) is 105 cm³/mol. The van der Waals surface area contributed by atoms with Gasteiger partial charge in [0.1, 0.15) is 0 Å². The zero-order valence-corrected chi connectivity index (χ0v) is 16.3. The summed E-state index contributed by atoms with van der Waals surface area (Å²) in [5, 5.41) is 13.6. The van der Waals surface area contributed by atoms with Crippen LogP contribution in [0.3, 0.4) is 0 Å². The number of aliphatic hydroxyl groups excluding tert-OH is 1. The highest BCUT2D eigenvalue weighted by Crippen LogP contribution is 2.40. The molecule has 2 aromatic heterocycles. The van der Waals surface area contributed by atoms with E-state index in [4.69, 9.17) is 17.0 Å². The molecule has 0 bridgehead atoms. The highest BCUT2D eigenvalue weighted by molar-refractivity contribution is 7.80. The van der Waals surface area contributed by atoms with E-state index in [9.17, 15) is 5.11 Å². The molecule has 3 rings (SSSR count). The van der Waals surface area contributed by atoms with Gasteiger partial charge in [-0.05, 0) is 49.8 Å².